The molecule has 1 aromatic rings. The van der Waals surface area contributed by atoms with Crippen molar-refractivity contribution in [3.63, 3.8) is 0 Å². The molecule has 110 valence electrons. The predicted octanol–water partition coefficient (Wildman–Crippen LogP) is 2.59. The van der Waals surface area contributed by atoms with Gasteiger partial charge in [0.15, 0.2) is 0 Å². The summed E-state index contributed by atoms with van der Waals surface area (Å²) in [4.78, 5) is 16.8. The zero-order valence-electron chi connectivity index (χ0n) is 12.3. The number of piperazine rings is 1. The molecule has 2 rings (SSSR count). The summed E-state index contributed by atoms with van der Waals surface area (Å²) in [7, 11) is 0. The van der Waals surface area contributed by atoms with E-state index in [1.165, 1.54) is 0 Å². The maximum atomic E-state index is 12.5. The van der Waals surface area contributed by atoms with E-state index in [0.29, 0.717) is 11.3 Å². The van der Waals surface area contributed by atoms with Gasteiger partial charge in [0.1, 0.15) is 0 Å². The van der Waals surface area contributed by atoms with Crippen LogP contribution in [-0.4, -0.2) is 47.4 Å². The molecular formula is C15H22BrN3O. The van der Waals surface area contributed by atoms with Crippen molar-refractivity contribution in [2.75, 3.05) is 31.9 Å². The average Bonchev–Trinajstić information content (AvgIpc) is 2.37. The minimum absolute atomic E-state index is 0.0311. The Morgan fingerprint density at radius 1 is 1.20 bits per heavy atom. The molecule has 1 aliphatic rings. The van der Waals surface area contributed by atoms with Crippen molar-refractivity contribution in [3.05, 3.63) is 28.2 Å². The molecule has 1 aliphatic heterocycles. The second-order valence-corrected chi connectivity index (χ2v) is 7.10. The SMILES string of the molecule is CC(C)(C)N1CCN(C(=O)c2ccc(Br)cc2N)CC1. The largest absolute Gasteiger partial charge is 0.398 e. The summed E-state index contributed by atoms with van der Waals surface area (Å²) in [5.74, 6) is 0.0311. The van der Waals surface area contributed by atoms with Crippen molar-refractivity contribution in [2.24, 2.45) is 0 Å². The molecule has 0 radical (unpaired) electrons. The highest BCUT2D eigenvalue weighted by Crippen LogP contribution is 2.22. The predicted molar refractivity (Wildman–Crippen MR) is 85.8 cm³/mol. The standard InChI is InChI=1S/C15H22BrN3O/c1-15(2,3)19-8-6-18(7-9-19)14(20)12-5-4-11(16)10-13(12)17/h4-5,10H,6-9,17H2,1-3H3. The van der Waals surface area contributed by atoms with E-state index < -0.39 is 0 Å². The number of nitrogen functional groups attached to an aromatic ring is 1. The van der Waals surface area contributed by atoms with Gasteiger partial charge in [-0.25, -0.2) is 0 Å². The van der Waals surface area contributed by atoms with E-state index in [1.807, 2.05) is 11.0 Å². The van der Waals surface area contributed by atoms with Crippen LogP contribution in [0.15, 0.2) is 22.7 Å². The van der Waals surface area contributed by atoms with Crippen molar-refractivity contribution >= 4 is 27.5 Å². The topological polar surface area (TPSA) is 49.6 Å². The summed E-state index contributed by atoms with van der Waals surface area (Å²) in [6, 6.07) is 5.42. The van der Waals surface area contributed by atoms with Gasteiger partial charge in [-0.15, -0.1) is 0 Å². The number of rotatable bonds is 1. The number of nitrogens with zero attached hydrogens (tertiary/aromatic N) is 2. The second kappa shape index (κ2) is 5.74. The third-order valence-corrected chi connectivity index (χ3v) is 4.25. The Balaban J connectivity index is 2.05. The van der Waals surface area contributed by atoms with Crippen LogP contribution in [0.5, 0.6) is 0 Å². The Morgan fingerprint density at radius 2 is 1.80 bits per heavy atom. The lowest BCUT2D eigenvalue weighted by atomic mass is 10.0. The summed E-state index contributed by atoms with van der Waals surface area (Å²) in [5, 5.41) is 0. The molecule has 0 atom stereocenters. The van der Waals surface area contributed by atoms with E-state index in [4.69, 9.17) is 5.73 Å². The van der Waals surface area contributed by atoms with Crippen LogP contribution in [0.2, 0.25) is 0 Å². The molecular weight excluding hydrogens is 318 g/mol. The first-order valence-corrected chi connectivity index (χ1v) is 7.67. The number of hydrogen-bond donors (Lipinski definition) is 1. The van der Waals surface area contributed by atoms with Crippen molar-refractivity contribution in [2.45, 2.75) is 26.3 Å². The Kier molecular flexibility index (Phi) is 4.39. The smallest absolute Gasteiger partial charge is 0.256 e. The monoisotopic (exact) mass is 339 g/mol. The molecule has 0 aliphatic carbocycles. The van der Waals surface area contributed by atoms with Crippen LogP contribution in [0.3, 0.4) is 0 Å². The Morgan fingerprint density at radius 3 is 2.30 bits per heavy atom. The van der Waals surface area contributed by atoms with Crippen LogP contribution in [0.25, 0.3) is 0 Å². The number of carbonyl (C=O) groups is 1. The average molecular weight is 340 g/mol. The van der Waals surface area contributed by atoms with Crippen LogP contribution in [-0.2, 0) is 0 Å². The van der Waals surface area contributed by atoms with Crippen molar-refractivity contribution in [1.82, 2.24) is 9.80 Å². The molecule has 0 bridgehead atoms. The van der Waals surface area contributed by atoms with E-state index in [1.54, 1.807) is 12.1 Å². The number of amides is 1. The highest BCUT2D eigenvalue weighted by molar-refractivity contribution is 9.10. The fourth-order valence-electron chi connectivity index (χ4n) is 2.48. The third kappa shape index (κ3) is 3.33. The van der Waals surface area contributed by atoms with Crippen molar-refractivity contribution < 1.29 is 4.79 Å². The van der Waals surface area contributed by atoms with Gasteiger partial charge in [0, 0.05) is 41.9 Å². The third-order valence-electron chi connectivity index (χ3n) is 3.76. The second-order valence-electron chi connectivity index (χ2n) is 6.18. The minimum Gasteiger partial charge on any atom is -0.398 e. The minimum atomic E-state index is 0.0311. The van der Waals surface area contributed by atoms with Crippen molar-refractivity contribution in [3.8, 4) is 0 Å². The molecule has 0 saturated carbocycles. The highest BCUT2D eigenvalue weighted by atomic mass is 79.9. The lowest BCUT2D eigenvalue weighted by molar-refractivity contribution is 0.0452. The van der Waals surface area contributed by atoms with Gasteiger partial charge in [0.2, 0.25) is 0 Å². The van der Waals surface area contributed by atoms with E-state index in [-0.39, 0.29) is 11.4 Å². The number of anilines is 1. The van der Waals surface area contributed by atoms with E-state index in [0.717, 1.165) is 30.7 Å². The first-order valence-electron chi connectivity index (χ1n) is 6.88. The number of halogens is 1. The number of hydrogen-bond acceptors (Lipinski definition) is 3. The molecule has 1 amide bonds. The first kappa shape index (κ1) is 15.3. The zero-order valence-corrected chi connectivity index (χ0v) is 13.9. The molecule has 20 heavy (non-hydrogen) atoms. The Labute approximate surface area is 129 Å². The van der Waals surface area contributed by atoms with Gasteiger partial charge >= 0.3 is 0 Å². The van der Waals surface area contributed by atoms with Gasteiger partial charge in [-0.2, -0.15) is 0 Å². The molecule has 0 spiro atoms. The molecule has 2 N–H and O–H groups in total. The number of nitrogens with two attached hydrogens (primary N) is 1. The first-order chi connectivity index (χ1) is 9.29. The Bertz CT molecular complexity index is 502. The molecule has 1 heterocycles. The van der Waals surface area contributed by atoms with E-state index >= 15 is 0 Å². The molecule has 1 aromatic carbocycles. The normalized spacial score (nSPS) is 17.3. The summed E-state index contributed by atoms with van der Waals surface area (Å²) in [6.07, 6.45) is 0. The van der Waals surface area contributed by atoms with Gasteiger partial charge < -0.3 is 10.6 Å². The van der Waals surface area contributed by atoms with E-state index in [2.05, 4.69) is 41.6 Å². The summed E-state index contributed by atoms with van der Waals surface area (Å²) >= 11 is 3.36. The lowest BCUT2D eigenvalue weighted by Gasteiger charge is -2.42. The van der Waals surface area contributed by atoms with Crippen LogP contribution in [0.1, 0.15) is 31.1 Å². The molecule has 4 nitrogen and oxygen atoms in total. The summed E-state index contributed by atoms with van der Waals surface area (Å²) in [6.45, 7) is 9.94. The molecule has 0 aromatic heterocycles. The van der Waals surface area contributed by atoms with Crippen LogP contribution in [0, 0.1) is 0 Å². The summed E-state index contributed by atoms with van der Waals surface area (Å²) < 4.78 is 0.893. The lowest BCUT2D eigenvalue weighted by Crippen LogP contribution is -2.54. The van der Waals surface area contributed by atoms with Gasteiger partial charge in [0.25, 0.3) is 5.91 Å². The maximum absolute atomic E-state index is 12.5. The quantitative estimate of drug-likeness (QED) is 0.800. The van der Waals surface area contributed by atoms with Gasteiger partial charge in [-0.1, -0.05) is 15.9 Å². The van der Waals surface area contributed by atoms with Crippen LogP contribution < -0.4 is 5.73 Å². The number of carbonyl (C=O) groups excluding carboxylic acids is 1. The van der Waals surface area contributed by atoms with Gasteiger partial charge in [-0.05, 0) is 39.0 Å². The van der Waals surface area contributed by atoms with Crippen LogP contribution >= 0.6 is 15.9 Å². The van der Waals surface area contributed by atoms with Crippen molar-refractivity contribution in [1.29, 1.82) is 0 Å². The fourth-order valence-corrected chi connectivity index (χ4v) is 2.86. The maximum Gasteiger partial charge on any atom is 0.256 e. The molecule has 1 fully saturated rings. The zero-order chi connectivity index (χ0) is 14.9. The van der Waals surface area contributed by atoms with Gasteiger partial charge in [0.05, 0.1) is 5.56 Å². The van der Waals surface area contributed by atoms with Gasteiger partial charge in [-0.3, -0.25) is 9.69 Å². The Hall–Kier alpha value is -1.07. The summed E-state index contributed by atoms with van der Waals surface area (Å²) in [5.41, 5.74) is 7.22. The fraction of sp³-hybridized carbons (Fsp3) is 0.533. The molecule has 1 saturated heterocycles. The molecule has 5 heteroatoms. The van der Waals surface area contributed by atoms with E-state index in [9.17, 15) is 4.79 Å². The highest BCUT2D eigenvalue weighted by Gasteiger charge is 2.28. The molecule has 0 unspecified atom stereocenters. The number of benzene rings is 1. The van der Waals surface area contributed by atoms with Crippen LogP contribution in [0.4, 0.5) is 5.69 Å².